The van der Waals surface area contributed by atoms with Gasteiger partial charge in [0, 0.05) is 43.2 Å². The quantitative estimate of drug-likeness (QED) is 0.884. The lowest BCUT2D eigenvalue weighted by atomic mass is 9.86. The van der Waals surface area contributed by atoms with Gasteiger partial charge in [-0.1, -0.05) is 18.6 Å². The first kappa shape index (κ1) is 16.3. The lowest BCUT2D eigenvalue weighted by Gasteiger charge is -2.28. The first-order chi connectivity index (χ1) is 11.8. The van der Waals surface area contributed by atoms with Gasteiger partial charge in [0.1, 0.15) is 0 Å². The van der Waals surface area contributed by atoms with E-state index in [1.165, 1.54) is 48.4 Å². The average Bonchev–Trinajstić information content (AvgIpc) is 3.24. The summed E-state index contributed by atoms with van der Waals surface area (Å²) < 4.78 is 0. The van der Waals surface area contributed by atoms with Gasteiger partial charge >= 0.3 is 0 Å². The van der Waals surface area contributed by atoms with Crippen LogP contribution in [0.5, 0.6) is 0 Å². The number of fused-ring (bicyclic) bond motifs is 2. The van der Waals surface area contributed by atoms with E-state index < -0.39 is 0 Å². The van der Waals surface area contributed by atoms with Crippen LogP contribution < -0.4 is 10.2 Å². The van der Waals surface area contributed by atoms with Crippen molar-refractivity contribution in [2.24, 2.45) is 17.8 Å². The maximum atomic E-state index is 12.2. The number of carbonyl (C=O) groups is 1. The molecular formula is C20H28N2OS. The second-order valence-electron chi connectivity index (χ2n) is 7.68. The minimum atomic E-state index is 0.240. The molecule has 1 saturated heterocycles. The first-order valence-electron chi connectivity index (χ1n) is 9.46. The molecule has 4 heteroatoms. The summed E-state index contributed by atoms with van der Waals surface area (Å²) in [6.07, 6.45) is 6.18. The zero-order chi connectivity index (χ0) is 16.4. The van der Waals surface area contributed by atoms with Gasteiger partial charge in [-0.2, -0.15) is 11.8 Å². The topological polar surface area (TPSA) is 32.3 Å². The van der Waals surface area contributed by atoms with E-state index in [0.717, 1.165) is 31.3 Å². The first-order valence-corrected chi connectivity index (χ1v) is 10.6. The molecule has 3 aliphatic rings. The Hall–Kier alpha value is -1.16. The van der Waals surface area contributed by atoms with Gasteiger partial charge in [-0.05, 0) is 54.7 Å². The molecule has 3 nitrogen and oxygen atoms in total. The zero-order valence-electron chi connectivity index (χ0n) is 14.4. The summed E-state index contributed by atoms with van der Waals surface area (Å²) in [7, 11) is 0. The van der Waals surface area contributed by atoms with Crippen LogP contribution in [-0.4, -0.2) is 30.5 Å². The highest BCUT2D eigenvalue weighted by Crippen LogP contribution is 2.49. The van der Waals surface area contributed by atoms with E-state index in [-0.39, 0.29) is 5.91 Å². The summed E-state index contributed by atoms with van der Waals surface area (Å²) in [6, 6.07) is 8.73. The molecule has 1 aliphatic heterocycles. The maximum Gasteiger partial charge on any atom is 0.220 e. The Balaban J connectivity index is 1.24. The van der Waals surface area contributed by atoms with Crippen molar-refractivity contribution in [2.75, 3.05) is 29.5 Å². The molecule has 3 atom stereocenters. The molecule has 2 bridgehead atoms. The standard InChI is InChI=1S/C20H28N2OS/c23-20(13-18-12-16-1-4-17(18)11-16)21-14-15-2-5-19(6-3-15)22-7-9-24-10-8-22/h2-3,5-6,16-18H,1,4,7-14H2,(H,21,23). The number of rotatable bonds is 5. The van der Waals surface area contributed by atoms with Crippen LogP contribution in [0.25, 0.3) is 0 Å². The van der Waals surface area contributed by atoms with Gasteiger partial charge in [-0.3, -0.25) is 4.79 Å². The van der Waals surface area contributed by atoms with E-state index in [1.807, 2.05) is 11.8 Å². The number of hydrogen-bond acceptors (Lipinski definition) is 3. The Bertz CT molecular complexity index is 568. The third-order valence-electron chi connectivity index (χ3n) is 6.13. The number of anilines is 1. The largest absolute Gasteiger partial charge is 0.370 e. The summed E-state index contributed by atoms with van der Waals surface area (Å²) in [4.78, 5) is 14.7. The zero-order valence-corrected chi connectivity index (χ0v) is 15.2. The van der Waals surface area contributed by atoms with Crippen LogP contribution in [-0.2, 0) is 11.3 Å². The summed E-state index contributed by atoms with van der Waals surface area (Å²) in [5.41, 5.74) is 2.51. The lowest BCUT2D eigenvalue weighted by molar-refractivity contribution is -0.122. The molecule has 130 valence electrons. The van der Waals surface area contributed by atoms with E-state index in [9.17, 15) is 4.79 Å². The minimum absolute atomic E-state index is 0.240. The van der Waals surface area contributed by atoms with Crippen LogP contribution in [0, 0.1) is 17.8 Å². The van der Waals surface area contributed by atoms with E-state index in [1.54, 1.807) is 0 Å². The van der Waals surface area contributed by atoms with Crippen LogP contribution in [0.2, 0.25) is 0 Å². The lowest BCUT2D eigenvalue weighted by Crippen LogP contribution is -2.32. The Labute approximate surface area is 149 Å². The molecule has 3 fully saturated rings. The van der Waals surface area contributed by atoms with Gasteiger partial charge in [0.25, 0.3) is 0 Å². The van der Waals surface area contributed by atoms with Crippen molar-refractivity contribution >= 4 is 23.4 Å². The van der Waals surface area contributed by atoms with Crippen molar-refractivity contribution in [1.82, 2.24) is 5.32 Å². The molecule has 2 saturated carbocycles. The molecule has 3 unspecified atom stereocenters. The highest BCUT2D eigenvalue weighted by Gasteiger charge is 2.39. The van der Waals surface area contributed by atoms with Gasteiger partial charge < -0.3 is 10.2 Å². The van der Waals surface area contributed by atoms with Crippen LogP contribution in [0.1, 0.15) is 37.7 Å². The molecule has 0 spiro atoms. The number of nitrogens with one attached hydrogen (secondary N) is 1. The van der Waals surface area contributed by atoms with Crippen LogP contribution in [0.15, 0.2) is 24.3 Å². The van der Waals surface area contributed by atoms with E-state index in [0.29, 0.717) is 12.5 Å². The Morgan fingerprint density at radius 1 is 1.12 bits per heavy atom. The summed E-state index contributed by atoms with van der Waals surface area (Å²) in [5, 5.41) is 3.13. The van der Waals surface area contributed by atoms with Crippen molar-refractivity contribution in [3.05, 3.63) is 29.8 Å². The SMILES string of the molecule is O=C(CC1CC2CCC1C2)NCc1ccc(N2CCSCC2)cc1. The van der Waals surface area contributed by atoms with E-state index in [4.69, 9.17) is 0 Å². The number of nitrogens with zero attached hydrogens (tertiary/aromatic N) is 1. The monoisotopic (exact) mass is 344 g/mol. The molecule has 0 radical (unpaired) electrons. The van der Waals surface area contributed by atoms with Gasteiger partial charge in [0.15, 0.2) is 0 Å². The number of benzene rings is 1. The van der Waals surface area contributed by atoms with Crippen LogP contribution in [0.4, 0.5) is 5.69 Å². The Morgan fingerprint density at radius 2 is 1.92 bits per heavy atom. The second-order valence-corrected chi connectivity index (χ2v) is 8.91. The number of thioether (sulfide) groups is 1. The fraction of sp³-hybridized carbons (Fsp3) is 0.650. The predicted octanol–water partition coefficient (Wildman–Crippen LogP) is 3.68. The minimum Gasteiger partial charge on any atom is -0.370 e. The molecule has 1 aromatic rings. The van der Waals surface area contributed by atoms with Crippen LogP contribution >= 0.6 is 11.8 Å². The molecule has 1 amide bonds. The Morgan fingerprint density at radius 3 is 2.58 bits per heavy atom. The fourth-order valence-corrected chi connectivity index (χ4v) is 5.69. The van der Waals surface area contributed by atoms with Crippen LogP contribution in [0.3, 0.4) is 0 Å². The molecule has 1 N–H and O–H groups in total. The number of hydrogen-bond donors (Lipinski definition) is 1. The Kier molecular flexibility index (Phi) is 5.02. The normalized spacial score (nSPS) is 29.0. The van der Waals surface area contributed by atoms with Crippen molar-refractivity contribution in [2.45, 2.75) is 38.6 Å². The van der Waals surface area contributed by atoms with E-state index in [2.05, 4.69) is 34.5 Å². The third-order valence-corrected chi connectivity index (χ3v) is 7.08. The molecule has 0 aromatic heterocycles. The smallest absolute Gasteiger partial charge is 0.220 e. The van der Waals surface area contributed by atoms with Crippen molar-refractivity contribution < 1.29 is 4.79 Å². The predicted molar refractivity (Wildman–Crippen MR) is 101 cm³/mol. The summed E-state index contributed by atoms with van der Waals surface area (Å²) >= 11 is 2.04. The number of amides is 1. The molecule has 4 rings (SSSR count). The van der Waals surface area contributed by atoms with Gasteiger partial charge in [-0.15, -0.1) is 0 Å². The van der Waals surface area contributed by atoms with Gasteiger partial charge in [0.2, 0.25) is 5.91 Å². The van der Waals surface area contributed by atoms with E-state index >= 15 is 0 Å². The maximum absolute atomic E-state index is 12.2. The number of carbonyl (C=O) groups excluding carboxylic acids is 1. The summed E-state index contributed by atoms with van der Waals surface area (Å²) in [6.45, 7) is 2.95. The molecule has 1 heterocycles. The van der Waals surface area contributed by atoms with Crippen molar-refractivity contribution in [1.29, 1.82) is 0 Å². The molecule has 2 aliphatic carbocycles. The molecule has 1 aromatic carbocycles. The highest BCUT2D eigenvalue weighted by molar-refractivity contribution is 7.99. The van der Waals surface area contributed by atoms with Gasteiger partial charge in [0.05, 0.1) is 0 Å². The third kappa shape index (κ3) is 3.74. The molecule has 24 heavy (non-hydrogen) atoms. The fourth-order valence-electron chi connectivity index (χ4n) is 4.78. The van der Waals surface area contributed by atoms with Crippen molar-refractivity contribution in [3.63, 3.8) is 0 Å². The highest BCUT2D eigenvalue weighted by atomic mass is 32.2. The second kappa shape index (κ2) is 7.38. The molecular weight excluding hydrogens is 316 g/mol. The average molecular weight is 345 g/mol. The summed E-state index contributed by atoms with van der Waals surface area (Å²) in [5.74, 6) is 5.10. The van der Waals surface area contributed by atoms with Gasteiger partial charge in [-0.25, -0.2) is 0 Å². The van der Waals surface area contributed by atoms with Crippen molar-refractivity contribution in [3.8, 4) is 0 Å².